The molecule has 0 heterocycles. The van der Waals surface area contributed by atoms with Gasteiger partial charge >= 0.3 is 0 Å². The van der Waals surface area contributed by atoms with Gasteiger partial charge in [0.05, 0.1) is 17.1 Å². The molecule has 2 atom stereocenters. The van der Waals surface area contributed by atoms with Crippen LogP contribution in [0.25, 0.3) is 60.9 Å². The van der Waals surface area contributed by atoms with Crippen molar-refractivity contribution in [3.63, 3.8) is 0 Å². The van der Waals surface area contributed by atoms with Crippen molar-refractivity contribution in [2.75, 3.05) is 4.90 Å². The van der Waals surface area contributed by atoms with E-state index in [2.05, 4.69) is 274 Å². The van der Waals surface area contributed by atoms with Crippen molar-refractivity contribution in [1.29, 1.82) is 0 Å². The number of hydrogen-bond acceptors (Lipinski definition) is 1. The van der Waals surface area contributed by atoms with E-state index in [1.54, 1.807) is 0 Å². The topological polar surface area (TPSA) is 3.24 Å². The fourth-order valence-corrected chi connectivity index (χ4v) is 11.6. The van der Waals surface area contributed by atoms with Crippen molar-refractivity contribution < 1.29 is 0 Å². The lowest BCUT2D eigenvalue weighted by molar-refractivity contribution is 0.495. The van der Waals surface area contributed by atoms with Gasteiger partial charge in [0.15, 0.2) is 0 Å². The molecule has 0 bridgehead atoms. The minimum absolute atomic E-state index is 0.0827. The van der Waals surface area contributed by atoms with Crippen LogP contribution in [-0.2, 0) is 10.8 Å². The molecule has 0 saturated carbocycles. The second kappa shape index (κ2) is 16.2. The van der Waals surface area contributed by atoms with Gasteiger partial charge in [-0.05, 0) is 102 Å². The third-order valence-electron chi connectivity index (χ3n) is 14.8. The van der Waals surface area contributed by atoms with Crippen LogP contribution in [0.3, 0.4) is 0 Å². The number of fused-ring (bicyclic) bond motifs is 5. The van der Waals surface area contributed by atoms with Gasteiger partial charge in [0, 0.05) is 27.9 Å². The maximum atomic E-state index is 2.59. The fraction of sp³-hybridized carbons (Fsp3) is 0.0909. The minimum atomic E-state index is -0.427. The highest BCUT2D eigenvalue weighted by Crippen LogP contribution is 2.56. The Kier molecular flexibility index (Phi) is 9.77. The third-order valence-corrected chi connectivity index (χ3v) is 14.8. The summed E-state index contributed by atoms with van der Waals surface area (Å²) < 4.78 is 0. The van der Waals surface area contributed by atoms with Crippen molar-refractivity contribution in [2.45, 2.75) is 31.6 Å². The largest absolute Gasteiger partial charge is 0.309 e. The summed E-state index contributed by atoms with van der Waals surface area (Å²) in [5.41, 5.74) is 20.5. The first-order chi connectivity index (χ1) is 32.9. The molecule has 1 nitrogen and oxygen atoms in total. The molecule has 1 heteroatoms. The second-order valence-corrected chi connectivity index (χ2v) is 19.0. The summed E-state index contributed by atoms with van der Waals surface area (Å²) in [5.74, 6) is 0.0827. The zero-order valence-corrected chi connectivity index (χ0v) is 38.2. The average molecular weight is 858 g/mol. The number of para-hydroxylation sites is 2. The molecule has 9 aromatic carbocycles. The van der Waals surface area contributed by atoms with Crippen LogP contribution in [0.2, 0.25) is 0 Å². The fourth-order valence-electron chi connectivity index (χ4n) is 11.6. The summed E-state index contributed by atoms with van der Waals surface area (Å²) in [6, 6.07) is 78.8. The van der Waals surface area contributed by atoms with Crippen molar-refractivity contribution in [3.05, 3.63) is 277 Å². The Hall–Kier alpha value is -8.00. The standard InChI is InChI=1S/C66H51N/c1-65(2)58-34-14-12-31-56(58)57-41-39-49(43-60(57)65)53-30-13-16-36-61(53)67(63-44-50(38-40-54(63)46-21-6-4-7-22-46)52-32-18-26-45-25-10-11-29-51(45)52)62-37-17-15-35-59(62)66(3)42-20-28-48-27-19-33-55(64(48)66)47-23-8-5-9-24-47/h4-44,64H,1-3H3. The lowest BCUT2D eigenvalue weighted by Crippen LogP contribution is -2.35. The molecule has 3 aliphatic carbocycles. The van der Waals surface area contributed by atoms with Gasteiger partial charge in [-0.15, -0.1) is 0 Å². The number of benzene rings is 9. The van der Waals surface area contributed by atoms with Crippen molar-refractivity contribution >= 4 is 33.4 Å². The number of hydrogen-bond donors (Lipinski definition) is 0. The maximum Gasteiger partial charge on any atom is 0.0546 e. The van der Waals surface area contributed by atoms with Crippen molar-refractivity contribution in [3.8, 4) is 44.5 Å². The molecule has 0 spiro atoms. The van der Waals surface area contributed by atoms with Crippen LogP contribution in [0.4, 0.5) is 17.1 Å². The van der Waals surface area contributed by atoms with Gasteiger partial charge in [-0.2, -0.15) is 0 Å². The lowest BCUT2D eigenvalue weighted by atomic mass is 9.61. The molecule has 0 fully saturated rings. The van der Waals surface area contributed by atoms with Gasteiger partial charge in [-0.25, -0.2) is 0 Å². The molecular weight excluding hydrogens is 807 g/mol. The van der Waals surface area contributed by atoms with Crippen LogP contribution < -0.4 is 4.90 Å². The van der Waals surface area contributed by atoms with Crippen molar-refractivity contribution in [1.82, 2.24) is 0 Å². The van der Waals surface area contributed by atoms with Crippen LogP contribution >= 0.6 is 0 Å². The Labute approximate surface area is 395 Å². The molecule has 0 radical (unpaired) electrons. The van der Waals surface area contributed by atoms with E-state index < -0.39 is 5.41 Å². The maximum absolute atomic E-state index is 2.59. The molecule has 0 aliphatic heterocycles. The first kappa shape index (κ1) is 40.5. The van der Waals surface area contributed by atoms with E-state index >= 15 is 0 Å². The van der Waals surface area contributed by atoms with Crippen LogP contribution in [0.15, 0.2) is 254 Å². The summed E-state index contributed by atoms with van der Waals surface area (Å²) in [6.07, 6.45) is 13.9. The average Bonchev–Trinajstić information content (AvgIpc) is 3.62. The molecule has 3 aliphatic rings. The minimum Gasteiger partial charge on any atom is -0.309 e. The summed E-state index contributed by atoms with van der Waals surface area (Å²) >= 11 is 0. The number of nitrogens with zero attached hydrogens (tertiary/aromatic N) is 1. The highest BCUT2D eigenvalue weighted by atomic mass is 15.2. The Bertz CT molecular complexity index is 3500. The molecule has 0 N–H and O–H groups in total. The summed E-state index contributed by atoms with van der Waals surface area (Å²) in [7, 11) is 0. The van der Waals surface area contributed by atoms with Crippen LogP contribution in [0.5, 0.6) is 0 Å². The van der Waals surface area contributed by atoms with E-state index in [4.69, 9.17) is 0 Å². The Morgan fingerprint density at radius 2 is 0.970 bits per heavy atom. The second-order valence-electron chi connectivity index (χ2n) is 19.0. The molecule has 0 aromatic heterocycles. The van der Waals surface area contributed by atoms with E-state index in [9.17, 15) is 0 Å². The molecule has 2 unspecified atom stereocenters. The van der Waals surface area contributed by atoms with Gasteiger partial charge in [0.1, 0.15) is 0 Å². The Morgan fingerprint density at radius 3 is 1.78 bits per heavy atom. The van der Waals surface area contributed by atoms with E-state index in [0.29, 0.717) is 0 Å². The van der Waals surface area contributed by atoms with Gasteiger partial charge in [0.2, 0.25) is 0 Å². The number of rotatable bonds is 8. The predicted octanol–water partition coefficient (Wildman–Crippen LogP) is 17.6. The predicted molar refractivity (Wildman–Crippen MR) is 284 cm³/mol. The molecule has 0 saturated heterocycles. The van der Waals surface area contributed by atoms with Gasteiger partial charge in [0.25, 0.3) is 0 Å². The normalized spacial score (nSPS) is 17.6. The molecule has 9 aromatic rings. The number of anilines is 3. The zero-order valence-electron chi connectivity index (χ0n) is 38.2. The third kappa shape index (κ3) is 6.68. The van der Waals surface area contributed by atoms with Gasteiger partial charge in [-0.1, -0.05) is 245 Å². The highest BCUT2D eigenvalue weighted by molar-refractivity contribution is 6.01. The molecule has 320 valence electrons. The number of allylic oxidation sites excluding steroid dienone is 8. The van der Waals surface area contributed by atoms with Gasteiger partial charge < -0.3 is 4.90 Å². The zero-order chi connectivity index (χ0) is 45.1. The van der Waals surface area contributed by atoms with Crippen molar-refractivity contribution in [2.24, 2.45) is 5.92 Å². The monoisotopic (exact) mass is 857 g/mol. The quantitative estimate of drug-likeness (QED) is 0.147. The van der Waals surface area contributed by atoms with Crippen LogP contribution in [0.1, 0.15) is 43.0 Å². The first-order valence-electron chi connectivity index (χ1n) is 23.6. The Balaban J connectivity index is 1.14. The Morgan fingerprint density at radius 1 is 0.388 bits per heavy atom. The molecular formula is C66H51N. The SMILES string of the molecule is CC1(C)c2ccccc2-c2ccc(-c3ccccc3N(c3cc(-c4cccc5ccccc45)ccc3-c3ccccc3)c3ccccc3C3(C)C=CC=C4C=CC=C(c5ccccc5)C43)cc21. The summed E-state index contributed by atoms with van der Waals surface area (Å²) in [6.45, 7) is 7.20. The highest BCUT2D eigenvalue weighted by Gasteiger charge is 2.43. The van der Waals surface area contributed by atoms with E-state index in [1.165, 1.54) is 83.1 Å². The molecule has 0 amide bonds. The molecule has 12 rings (SSSR count). The summed E-state index contributed by atoms with van der Waals surface area (Å²) in [4.78, 5) is 2.59. The van der Waals surface area contributed by atoms with E-state index in [0.717, 1.165) is 22.6 Å². The van der Waals surface area contributed by atoms with E-state index in [1.807, 2.05) is 0 Å². The smallest absolute Gasteiger partial charge is 0.0546 e. The lowest BCUT2D eigenvalue weighted by Gasteiger charge is -2.44. The van der Waals surface area contributed by atoms with Gasteiger partial charge in [-0.3, -0.25) is 0 Å². The first-order valence-corrected chi connectivity index (χ1v) is 23.6. The summed E-state index contributed by atoms with van der Waals surface area (Å²) in [5, 5.41) is 2.47. The van der Waals surface area contributed by atoms with Crippen LogP contribution in [-0.4, -0.2) is 0 Å². The van der Waals surface area contributed by atoms with Crippen LogP contribution in [0, 0.1) is 5.92 Å². The molecule has 67 heavy (non-hydrogen) atoms. The van der Waals surface area contributed by atoms with E-state index in [-0.39, 0.29) is 11.3 Å².